The quantitative estimate of drug-likeness (QED) is 0.478. The first-order chi connectivity index (χ1) is 5.43. The van der Waals surface area contributed by atoms with Crippen LogP contribution in [0.1, 0.15) is 38.5 Å². The van der Waals surface area contributed by atoms with E-state index in [1.165, 1.54) is 38.5 Å². The van der Waals surface area contributed by atoms with Crippen molar-refractivity contribution in [2.24, 2.45) is 5.92 Å². The predicted octanol–water partition coefficient (Wildman–Crippen LogP) is 2.51. The van der Waals surface area contributed by atoms with Gasteiger partial charge in [0, 0.05) is 0 Å². The average molecular weight is 154 g/mol. The number of rotatable bonds is 2. The van der Waals surface area contributed by atoms with Gasteiger partial charge in [-0.3, -0.25) is 0 Å². The molecule has 0 spiro atoms. The molecule has 1 fully saturated rings. The van der Waals surface area contributed by atoms with Crippen molar-refractivity contribution in [3.63, 3.8) is 0 Å². The highest BCUT2D eigenvalue weighted by Crippen LogP contribution is 2.23. The van der Waals surface area contributed by atoms with E-state index in [1.807, 2.05) is 6.08 Å². The largest absolute Gasteiger partial charge is 0.392 e. The topological polar surface area (TPSA) is 20.2 Å². The van der Waals surface area contributed by atoms with Crippen molar-refractivity contribution in [1.82, 2.24) is 0 Å². The fourth-order valence-electron chi connectivity index (χ4n) is 1.76. The first-order valence-corrected chi connectivity index (χ1v) is 4.71. The Labute approximate surface area is 69.1 Å². The molecule has 1 saturated carbocycles. The van der Waals surface area contributed by atoms with Crippen molar-refractivity contribution in [2.45, 2.75) is 38.5 Å². The smallest absolute Gasteiger partial charge is 0.0612 e. The van der Waals surface area contributed by atoms with E-state index >= 15 is 0 Å². The van der Waals surface area contributed by atoms with Crippen LogP contribution in [0.2, 0.25) is 0 Å². The zero-order chi connectivity index (χ0) is 7.94. The van der Waals surface area contributed by atoms with Crippen LogP contribution < -0.4 is 0 Å². The van der Waals surface area contributed by atoms with Crippen LogP contribution in [0.15, 0.2) is 12.2 Å². The predicted molar refractivity (Wildman–Crippen MR) is 47.4 cm³/mol. The molecule has 0 radical (unpaired) electrons. The minimum atomic E-state index is 0.205. The molecule has 0 heterocycles. The number of aliphatic hydroxyl groups is 1. The Morgan fingerprint density at radius 2 is 1.73 bits per heavy atom. The van der Waals surface area contributed by atoms with Crippen LogP contribution in [0.4, 0.5) is 0 Å². The Hall–Kier alpha value is -0.300. The first kappa shape index (κ1) is 8.79. The first-order valence-electron chi connectivity index (χ1n) is 4.71. The second-order valence-corrected chi connectivity index (χ2v) is 3.36. The van der Waals surface area contributed by atoms with Crippen LogP contribution in [-0.4, -0.2) is 11.7 Å². The zero-order valence-corrected chi connectivity index (χ0v) is 7.13. The van der Waals surface area contributed by atoms with Gasteiger partial charge >= 0.3 is 0 Å². The molecule has 1 aliphatic carbocycles. The van der Waals surface area contributed by atoms with E-state index in [1.54, 1.807) is 0 Å². The molecule has 1 rings (SSSR count). The molecule has 1 nitrogen and oxygen atoms in total. The Bertz CT molecular complexity index is 110. The number of hydrogen-bond acceptors (Lipinski definition) is 1. The molecule has 0 aromatic heterocycles. The number of aliphatic hydroxyl groups excluding tert-OH is 1. The van der Waals surface area contributed by atoms with Crippen LogP contribution >= 0.6 is 0 Å². The Morgan fingerprint density at radius 1 is 1.09 bits per heavy atom. The van der Waals surface area contributed by atoms with Crippen molar-refractivity contribution in [3.05, 3.63) is 12.2 Å². The van der Waals surface area contributed by atoms with Crippen LogP contribution in [0.25, 0.3) is 0 Å². The lowest BCUT2D eigenvalue weighted by atomic mass is 10.0. The Balaban J connectivity index is 2.25. The fraction of sp³-hybridized carbons (Fsp3) is 0.800. The second kappa shape index (κ2) is 5.36. The molecule has 1 heteroatoms. The van der Waals surface area contributed by atoms with E-state index in [4.69, 9.17) is 5.11 Å². The molecule has 0 aliphatic heterocycles. The summed E-state index contributed by atoms with van der Waals surface area (Å²) in [4.78, 5) is 0. The summed E-state index contributed by atoms with van der Waals surface area (Å²) in [6.07, 6.45) is 12.3. The van der Waals surface area contributed by atoms with Crippen LogP contribution in [0.5, 0.6) is 0 Å². The zero-order valence-electron chi connectivity index (χ0n) is 7.13. The fourth-order valence-corrected chi connectivity index (χ4v) is 1.76. The lowest BCUT2D eigenvalue weighted by Crippen LogP contribution is -1.93. The normalized spacial score (nSPS) is 22.3. The van der Waals surface area contributed by atoms with E-state index in [2.05, 4.69) is 6.08 Å². The van der Waals surface area contributed by atoms with E-state index in [9.17, 15) is 0 Å². The Morgan fingerprint density at radius 3 is 2.27 bits per heavy atom. The molecular weight excluding hydrogens is 136 g/mol. The minimum absolute atomic E-state index is 0.205. The van der Waals surface area contributed by atoms with Crippen LogP contribution in [-0.2, 0) is 0 Å². The maximum Gasteiger partial charge on any atom is 0.0612 e. The maximum absolute atomic E-state index is 8.58. The minimum Gasteiger partial charge on any atom is -0.392 e. The Kier molecular flexibility index (Phi) is 4.29. The molecule has 0 bridgehead atoms. The SMILES string of the molecule is OC/C=C/C1CCCCCC1. The second-order valence-electron chi connectivity index (χ2n) is 3.36. The van der Waals surface area contributed by atoms with Crippen LogP contribution in [0, 0.1) is 5.92 Å². The number of hydrogen-bond donors (Lipinski definition) is 1. The summed E-state index contributed by atoms with van der Waals surface area (Å²) >= 11 is 0. The summed E-state index contributed by atoms with van der Waals surface area (Å²) in [5, 5.41) is 8.58. The van der Waals surface area contributed by atoms with Gasteiger partial charge in [-0.25, -0.2) is 0 Å². The maximum atomic E-state index is 8.58. The molecule has 11 heavy (non-hydrogen) atoms. The van der Waals surface area contributed by atoms with Gasteiger partial charge in [0.2, 0.25) is 0 Å². The van der Waals surface area contributed by atoms with Gasteiger partial charge in [-0.15, -0.1) is 0 Å². The molecule has 0 saturated heterocycles. The summed E-state index contributed by atoms with van der Waals surface area (Å²) in [6, 6.07) is 0. The molecule has 64 valence electrons. The third-order valence-corrected chi connectivity index (χ3v) is 2.41. The molecule has 1 N–H and O–H groups in total. The van der Waals surface area contributed by atoms with Crippen molar-refractivity contribution >= 4 is 0 Å². The standard InChI is InChI=1S/C10H18O/c11-9-5-8-10-6-3-1-2-4-7-10/h5,8,10-11H,1-4,6-7,9H2/b8-5+. The van der Waals surface area contributed by atoms with Gasteiger partial charge in [0.05, 0.1) is 6.61 Å². The summed E-state index contributed by atoms with van der Waals surface area (Å²) in [7, 11) is 0. The summed E-state index contributed by atoms with van der Waals surface area (Å²) in [5.74, 6) is 0.754. The summed E-state index contributed by atoms with van der Waals surface area (Å²) < 4.78 is 0. The van der Waals surface area contributed by atoms with Crippen molar-refractivity contribution in [1.29, 1.82) is 0 Å². The third-order valence-electron chi connectivity index (χ3n) is 2.41. The monoisotopic (exact) mass is 154 g/mol. The van der Waals surface area contributed by atoms with Gasteiger partial charge in [-0.2, -0.15) is 0 Å². The third kappa shape index (κ3) is 3.57. The van der Waals surface area contributed by atoms with Gasteiger partial charge < -0.3 is 5.11 Å². The summed E-state index contributed by atoms with van der Waals surface area (Å²) in [6.45, 7) is 0.205. The number of allylic oxidation sites excluding steroid dienone is 1. The van der Waals surface area contributed by atoms with Crippen LogP contribution in [0.3, 0.4) is 0 Å². The van der Waals surface area contributed by atoms with E-state index in [0.717, 1.165) is 5.92 Å². The van der Waals surface area contributed by atoms with E-state index < -0.39 is 0 Å². The van der Waals surface area contributed by atoms with Gasteiger partial charge in [0.15, 0.2) is 0 Å². The van der Waals surface area contributed by atoms with Crippen molar-refractivity contribution in [3.8, 4) is 0 Å². The van der Waals surface area contributed by atoms with Gasteiger partial charge in [-0.1, -0.05) is 37.8 Å². The molecule has 0 atom stereocenters. The van der Waals surface area contributed by atoms with Gasteiger partial charge in [-0.05, 0) is 18.8 Å². The molecule has 0 aromatic carbocycles. The lowest BCUT2D eigenvalue weighted by molar-refractivity contribution is 0.341. The average Bonchev–Trinajstić information content (AvgIpc) is 2.28. The highest BCUT2D eigenvalue weighted by molar-refractivity contribution is 4.88. The molecule has 0 aromatic rings. The lowest BCUT2D eigenvalue weighted by Gasteiger charge is -2.06. The molecule has 1 aliphatic rings. The van der Waals surface area contributed by atoms with Crippen molar-refractivity contribution < 1.29 is 5.11 Å². The molecule has 0 unspecified atom stereocenters. The van der Waals surface area contributed by atoms with Crippen molar-refractivity contribution in [2.75, 3.05) is 6.61 Å². The van der Waals surface area contributed by atoms with Gasteiger partial charge in [0.25, 0.3) is 0 Å². The van der Waals surface area contributed by atoms with E-state index in [0.29, 0.717) is 0 Å². The van der Waals surface area contributed by atoms with Gasteiger partial charge in [0.1, 0.15) is 0 Å². The molecular formula is C10H18O. The van der Waals surface area contributed by atoms with E-state index in [-0.39, 0.29) is 6.61 Å². The summed E-state index contributed by atoms with van der Waals surface area (Å²) in [5.41, 5.74) is 0. The molecule has 0 amide bonds. The highest BCUT2D eigenvalue weighted by atomic mass is 16.2. The highest BCUT2D eigenvalue weighted by Gasteiger charge is 2.07.